The predicted molar refractivity (Wildman–Crippen MR) is 117 cm³/mol. The first-order valence-electron chi connectivity index (χ1n) is 10.1. The molecule has 7 nitrogen and oxygen atoms in total. The van der Waals surface area contributed by atoms with E-state index < -0.39 is 0 Å². The summed E-state index contributed by atoms with van der Waals surface area (Å²) in [6.45, 7) is 0.509. The fourth-order valence-corrected chi connectivity index (χ4v) is 5.70. The van der Waals surface area contributed by atoms with Gasteiger partial charge in [0.2, 0.25) is 0 Å². The van der Waals surface area contributed by atoms with Gasteiger partial charge in [-0.05, 0) is 42.0 Å². The van der Waals surface area contributed by atoms with Gasteiger partial charge >= 0.3 is 0 Å². The van der Waals surface area contributed by atoms with Gasteiger partial charge in [0, 0.05) is 30.7 Å². The Balaban J connectivity index is 1.43. The zero-order valence-corrected chi connectivity index (χ0v) is 17.4. The number of aromatic amines is 1. The molecule has 0 saturated carbocycles. The fourth-order valence-electron chi connectivity index (χ4n) is 4.58. The molecule has 5 aromatic rings. The maximum atomic E-state index is 13.3. The van der Waals surface area contributed by atoms with Crippen LogP contribution in [-0.2, 0) is 32.9 Å². The molecule has 0 fully saturated rings. The number of thiazole rings is 1. The Kier molecular flexibility index (Phi) is 3.89. The van der Waals surface area contributed by atoms with Crippen LogP contribution in [0.15, 0.2) is 41.5 Å². The molecule has 1 aliphatic rings. The first-order valence-corrected chi connectivity index (χ1v) is 10.9. The lowest BCUT2D eigenvalue weighted by Crippen LogP contribution is -2.25. The van der Waals surface area contributed by atoms with Crippen molar-refractivity contribution >= 4 is 32.6 Å². The van der Waals surface area contributed by atoms with Gasteiger partial charge in [0.15, 0.2) is 5.65 Å². The van der Waals surface area contributed by atoms with Gasteiger partial charge in [0.05, 0.1) is 17.4 Å². The monoisotopic (exact) mass is 416 g/mol. The van der Waals surface area contributed by atoms with Gasteiger partial charge in [-0.1, -0.05) is 18.2 Å². The van der Waals surface area contributed by atoms with Crippen LogP contribution in [0, 0.1) is 0 Å². The van der Waals surface area contributed by atoms with Crippen LogP contribution in [-0.4, -0.2) is 29.5 Å². The summed E-state index contributed by atoms with van der Waals surface area (Å²) in [7, 11) is 1.91. The Morgan fingerprint density at radius 3 is 3.03 bits per heavy atom. The molecule has 4 heterocycles. The molecule has 8 heteroatoms. The SMILES string of the molecule is Cn1c2nc(Cc3ccn[nH]3)sc2c2cnn(Cc3cccc4c3CCC4)c(=O)c21. The third kappa shape index (κ3) is 2.64. The number of fused-ring (bicyclic) bond motifs is 4. The van der Waals surface area contributed by atoms with Crippen molar-refractivity contribution in [2.24, 2.45) is 7.05 Å². The van der Waals surface area contributed by atoms with Crippen molar-refractivity contribution in [3.05, 3.63) is 74.4 Å². The van der Waals surface area contributed by atoms with E-state index in [1.165, 1.54) is 23.1 Å². The van der Waals surface area contributed by atoms with Crippen LogP contribution in [0.5, 0.6) is 0 Å². The lowest BCUT2D eigenvalue weighted by Gasteiger charge is -2.10. The number of hydrogen-bond acceptors (Lipinski definition) is 5. The number of nitrogens with zero attached hydrogens (tertiary/aromatic N) is 5. The highest BCUT2D eigenvalue weighted by molar-refractivity contribution is 7.19. The van der Waals surface area contributed by atoms with Crippen LogP contribution in [0.25, 0.3) is 21.3 Å². The zero-order valence-electron chi connectivity index (χ0n) is 16.6. The molecule has 0 radical (unpaired) electrons. The van der Waals surface area contributed by atoms with E-state index in [4.69, 9.17) is 4.98 Å². The minimum absolute atomic E-state index is 0.0640. The highest BCUT2D eigenvalue weighted by Crippen LogP contribution is 2.32. The molecule has 150 valence electrons. The fraction of sp³-hybridized carbons (Fsp3) is 0.273. The van der Waals surface area contributed by atoms with E-state index in [2.05, 4.69) is 33.5 Å². The maximum Gasteiger partial charge on any atom is 0.291 e. The van der Waals surface area contributed by atoms with Crippen molar-refractivity contribution in [1.29, 1.82) is 0 Å². The van der Waals surface area contributed by atoms with E-state index in [-0.39, 0.29) is 5.56 Å². The maximum absolute atomic E-state index is 13.3. The first kappa shape index (κ1) is 17.6. The lowest BCUT2D eigenvalue weighted by atomic mass is 10.0. The van der Waals surface area contributed by atoms with Crippen LogP contribution >= 0.6 is 11.3 Å². The van der Waals surface area contributed by atoms with Gasteiger partial charge in [-0.15, -0.1) is 11.3 Å². The number of aryl methyl sites for hydroxylation is 2. The third-order valence-corrected chi connectivity index (χ3v) is 7.11. The number of hydrogen-bond donors (Lipinski definition) is 1. The van der Waals surface area contributed by atoms with Crippen LogP contribution in [0.1, 0.15) is 33.8 Å². The summed E-state index contributed by atoms with van der Waals surface area (Å²) in [6.07, 6.45) is 7.67. The average molecular weight is 417 g/mol. The number of aromatic nitrogens is 6. The van der Waals surface area contributed by atoms with Gasteiger partial charge in [-0.3, -0.25) is 9.89 Å². The Morgan fingerprint density at radius 1 is 1.23 bits per heavy atom. The topological polar surface area (TPSA) is 81.4 Å². The second-order valence-electron chi connectivity index (χ2n) is 7.86. The van der Waals surface area contributed by atoms with Crippen LogP contribution in [0.3, 0.4) is 0 Å². The van der Waals surface area contributed by atoms with E-state index in [1.54, 1.807) is 22.2 Å². The highest BCUT2D eigenvalue weighted by atomic mass is 32.1. The molecule has 1 N–H and O–H groups in total. The molecule has 0 atom stereocenters. The van der Waals surface area contributed by atoms with E-state index in [9.17, 15) is 4.79 Å². The standard InChI is InChI=1S/C22H20N6OS/c1-27-19-17(20-21(27)25-18(30-20)10-15-8-9-23-26-15)11-24-28(22(19)29)12-14-6-2-4-13-5-3-7-16(13)14/h2,4,6,8-9,11H,3,5,7,10,12H2,1H3,(H,23,26). The molecular weight excluding hydrogens is 396 g/mol. The summed E-state index contributed by atoms with van der Waals surface area (Å²) >= 11 is 1.61. The molecule has 0 bridgehead atoms. The molecule has 1 aliphatic carbocycles. The normalized spacial score (nSPS) is 13.5. The summed E-state index contributed by atoms with van der Waals surface area (Å²) in [6, 6.07) is 8.36. The number of nitrogens with one attached hydrogen (secondary N) is 1. The Hall–Kier alpha value is -3.26. The van der Waals surface area contributed by atoms with Crippen LogP contribution in [0.2, 0.25) is 0 Å². The molecule has 0 unspecified atom stereocenters. The van der Waals surface area contributed by atoms with Gasteiger partial charge in [-0.2, -0.15) is 10.2 Å². The molecule has 0 spiro atoms. The van der Waals surface area contributed by atoms with E-state index >= 15 is 0 Å². The molecule has 0 saturated heterocycles. The molecule has 30 heavy (non-hydrogen) atoms. The van der Waals surface area contributed by atoms with Gasteiger partial charge in [-0.25, -0.2) is 9.67 Å². The lowest BCUT2D eigenvalue weighted by molar-refractivity contribution is 0.640. The quantitative estimate of drug-likeness (QED) is 0.488. The Bertz CT molecular complexity index is 1460. The number of H-pyrrole nitrogens is 1. The first-order chi connectivity index (χ1) is 14.7. The smallest absolute Gasteiger partial charge is 0.291 e. The number of rotatable bonds is 4. The summed E-state index contributed by atoms with van der Waals surface area (Å²) in [5, 5.41) is 13.4. The molecule has 0 aliphatic heterocycles. The van der Waals surface area contributed by atoms with Crippen molar-refractivity contribution in [3.8, 4) is 0 Å². The summed E-state index contributed by atoms with van der Waals surface area (Å²) in [5.41, 5.74) is 6.47. The zero-order chi connectivity index (χ0) is 20.2. The van der Waals surface area contributed by atoms with Crippen molar-refractivity contribution in [2.75, 3.05) is 0 Å². The van der Waals surface area contributed by atoms with Crippen LogP contribution < -0.4 is 5.56 Å². The second kappa shape index (κ2) is 6.63. The Labute approximate surface area is 176 Å². The molecule has 0 amide bonds. The predicted octanol–water partition coefficient (Wildman–Crippen LogP) is 3.20. The van der Waals surface area contributed by atoms with Crippen molar-refractivity contribution in [1.82, 2.24) is 29.5 Å². The summed E-state index contributed by atoms with van der Waals surface area (Å²) in [4.78, 5) is 18.1. The molecular formula is C22H20N6OS. The molecule has 4 aromatic heterocycles. The average Bonchev–Trinajstić information content (AvgIpc) is 3.52. The number of benzene rings is 1. The molecule has 1 aromatic carbocycles. The summed E-state index contributed by atoms with van der Waals surface area (Å²) < 4.78 is 4.51. The van der Waals surface area contributed by atoms with Crippen molar-refractivity contribution in [3.63, 3.8) is 0 Å². The summed E-state index contributed by atoms with van der Waals surface area (Å²) in [5.74, 6) is 0. The second-order valence-corrected chi connectivity index (χ2v) is 8.94. The van der Waals surface area contributed by atoms with Gasteiger partial charge in [0.1, 0.15) is 10.5 Å². The third-order valence-electron chi connectivity index (χ3n) is 6.03. The molecule has 6 rings (SSSR count). The van der Waals surface area contributed by atoms with E-state index in [0.717, 1.165) is 39.3 Å². The van der Waals surface area contributed by atoms with E-state index in [0.29, 0.717) is 18.5 Å². The largest absolute Gasteiger partial charge is 0.323 e. The Morgan fingerprint density at radius 2 is 2.17 bits per heavy atom. The van der Waals surface area contributed by atoms with E-state index in [1.807, 2.05) is 23.9 Å². The minimum Gasteiger partial charge on any atom is -0.323 e. The highest BCUT2D eigenvalue weighted by Gasteiger charge is 2.20. The van der Waals surface area contributed by atoms with Gasteiger partial charge in [0.25, 0.3) is 5.56 Å². The van der Waals surface area contributed by atoms with Crippen molar-refractivity contribution < 1.29 is 0 Å². The minimum atomic E-state index is -0.0640. The van der Waals surface area contributed by atoms with Crippen molar-refractivity contribution in [2.45, 2.75) is 32.2 Å². The van der Waals surface area contributed by atoms with Crippen LogP contribution in [0.4, 0.5) is 0 Å². The van der Waals surface area contributed by atoms with Gasteiger partial charge < -0.3 is 4.57 Å².